The van der Waals surface area contributed by atoms with E-state index in [2.05, 4.69) is 0 Å². The first-order valence-corrected chi connectivity index (χ1v) is 6.13. The highest BCUT2D eigenvalue weighted by atomic mass is 35.5. The lowest BCUT2D eigenvalue weighted by molar-refractivity contribution is -0.137. The second kappa shape index (κ2) is 4.14. The van der Waals surface area contributed by atoms with Crippen molar-refractivity contribution in [3.63, 3.8) is 0 Å². The summed E-state index contributed by atoms with van der Waals surface area (Å²) in [6.07, 6.45) is -4.36. The van der Waals surface area contributed by atoms with E-state index in [1.807, 2.05) is 13.8 Å². The summed E-state index contributed by atoms with van der Waals surface area (Å²) < 4.78 is 38.2. The van der Waals surface area contributed by atoms with E-state index in [0.717, 1.165) is 6.07 Å². The highest BCUT2D eigenvalue weighted by Gasteiger charge is 2.57. The molecular formula is C13H15ClF3N. The summed E-state index contributed by atoms with van der Waals surface area (Å²) >= 11 is 5.78. The van der Waals surface area contributed by atoms with Crippen LogP contribution in [-0.2, 0) is 6.18 Å². The molecule has 1 aliphatic rings. The Morgan fingerprint density at radius 3 is 2.33 bits per heavy atom. The van der Waals surface area contributed by atoms with Gasteiger partial charge in [0.25, 0.3) is 0 Å². The van der Waals surface area contributed by atoms with Gasteiger partial charge < -0.3 is 5.73 Å². The van der Waals surface area contributed by atoms with Gasteiger partial charge in [-0.05, 0) is 47.6 Å². The highest BCUT2D eigenvalue weighted by molar-refractivity contribution is 6.30. The van der Waals surface area contributed by atoms with Gasteiger partial charge in [0.2, 0.25) is 0 Å². The van der Waals surface area contributed by atoms with Crippen molar-refractivity contribution in [3.8, 4) is 0 Å². The van der Waals surface area contributed by atoms with Gasteiger partial charge in [0.15, 0.2) is 0 Å². The van der Waals surface area contributed by atoms with E-state index in [-0.39, 0.29) is 22.3 Å². The van der Waals surface area contributed by atoms with Gasteiger partial charge in [0.05, 0.1) is 5.56 Å². The summed E-state index contributed by atoms with van der Waals surface area (Å²) in [6, 6.07) is 3.75. The molecule has 1 aromatic rings. The first-order chi connectivity index (χ1) is 8.17. The Labute approximate surface area is 109 Å². The average Bonchev–Trinajstić information content (AvgIpc) is 2.78. The van der Waals surface area contributed by atoms with Crippen molar-refractivity contribution in [1.29, 1.82) is 0 Å². The van der Waals surface area contributed by atoms with E-state index in [9.17, 15) is 13.2 Å². The van der Waals surface area contributed by atoms with E-state index in [1.54, 1.807) is 6.07 Å². The summed E-state index contributed by atoms with van der Waals surface area (Å²) in [6.45, 7) is 4.51. The molecule has 100 valence electrons. The first-order valence-electron chi connectivity index (χ1n) is 5.75. The summed E-state index contributed by atoms with van der Waals surface area (Å²) in [5.74, 6) is 0.277. The van der Waals surface area contributed by atoms with Crippen molar-refractivity contribution in [1.82, 2.24) is 0 Å². The molecule has 1 aliphatic carbocycles. The molecule has 0 heterocycles. The van der Waals surface area contributed by atoms with E-state index in [1.165, 1.54) is 6.07 Å². The van der Waals surface area contributed by atoms with Crippen LogP contribution < -0.4 is 5.73 Å². The molecule has 1 fully saturated rings. The fourth-order valence-electron chi connectivity index (χ4n) is 2.80. The number of nitrogens with two attached hydrogens (primary N) is 1. The molecule has 0 aromatic heterocycles. The van der Waals surface area contributed by atoms with Gasteiger partial charge in [-0.1, -0.05) is 25.4 Å². The van der Waals surface area contributed by atoms with E-state index in [0.29, 0.717) is 12.1 Å². The van der Waals surface area contributed by atoms with E-state index >= 15 is 0 Å². The smallest absolute Gasteiger partial charge is 0.330 e. The number of benzene rings is 1. The van der Waals surface area contributed by atoms with Gasteiger partial charge in [-0.25, -0.2) is 0 Å². The summed E-state index contributed by atoms with van der Waals surface area (Å²) in [5, 5.41) is 0.123. The zero-order valence-electron chi connectivity index (χ0n) is 10.2. The van der Waals surface area contributed by atoms with Crippen LogP contribution in [0.1, 0.15) is 30.9 Å². The molecule has 2 unspecified atom stereocenters. The monoisotopic (exact) mass is 277 g/mol. The second-order valence-corrected chi connectivity index (χ2v) is 5.85. The predicted molar refractivity (Wildman–Crippen MR) is 65.5 cm³/mol. The van der Waals surface area contributed by atoms with Gasteiger partial charge in [0.1, 0.15) is 0 Å². The molecule has 5 heteroatoms. The van der Waals surface area contributed by atoms with Crippen LogP contribution in [0, 0.1) is 11.3 Å². The van der Waals surface area contributed by atoms with E-state index in [4.69, 9.17) is 17.3 Å². The lowest BCUT2D eigenvalue weighted by Crippen LogP contribution is -2.06. The molecule has 2 N–H and O–H groups in total. The Morgan fingerprint density at radius 2 is 1.89 bits per heavy atom. The zero-order chi connectivity index (χ0) is 13.7. The third-order valence-corrected chi connectivity index (χ3v) is 4.13. The van der Waals surface area contributed by atoms with Crippen molar-refractivity contribution in [3.05, 3.63) is 34.3 Å². The van der Waals surface area contributed by atoms with Crippen LogP contribution in [0.3, 0.4) is 0 Å². The van der Waals surface area contributed by atoms with Gasteiger partial charge in [-0.2, -0.15) is 13.2 Å². The average molecular weight is 278 g/mol. The molecule has 0 saturated heterocycles. The molecule has 2 rings (SSSR count). The van der Waals surface area contributed by atoms with Crippen LogP contribution in [0.15, 0.2) is 18.2 Å². The predicted octanol–water partition coefficient (Wildman–Crippen LogP) is 4.06. The van der Waals surface area contributed by atoms with Gasteiger partial charge in [-0.3, -0.25) is 0 Å². The molecule has 1 aromatic carbocycles. The highest BCUT2D eigenvalue weighted by Crippen LogP contribution is 2.64. The topological polar surface area (TPSA) is 26.0 Å². The molecule has 1 nitrogen and oxygen atoms in total. The largest absolute Gasteiger partial charge is 0.416 e. The maximum Gasteiger partial charge on any atom is 0.416 e. The number of alkyl halides is 3. The zero-order valence-corrected chi connectivity index (χ0v) is 10.9. The molecule has 0 aliphatic heterocycles. The summed E-state index contributed by atoms with van der Waals surface area (Å²) in [7, 11) is 0. The van der Waals surface area contributed by atoms with Crippen LogP contribution >= 0.6 is 11.6 Å². The third kappa shape index (κ3) is 2.24. The Hall–Kier alpha value is -0.740. The Morgan fingerprint density at radius 1 is 1.28 bits per heavy atom. The molecule has 0 amide bonds. The van der Waals surface area contributed by atoms with Crippen molar-refractivity contribution < 1.29 is 13.2 Å². The molecule has 2 atom stereocenters. The maximum absolute atomic E-state index is 12.7. The third-order valence-electron chi connectivity index (χ3n) is 3.91. The van der Waals surface area contributed by atoms with E-state index < -0.39 is 11.7 Å². The number of hydrogen-bond acceptors (Lipinski definition) is 1. The second-order valence-electron chi connectivity index (χ2n) is 5.41. The Bertz CT molecular complexity index is 468. The fraction of sp³-hybridized carbons (Fsp3) is 0.538. The molecule has 0 radical (unpaired) electrons. The SMILES string of the molecule is CC1(C)C(CN)C1c1cc(Cl)cc(C(F)(F)F)c1. The first kappa shape index (κ1) is 13.7. The van der Waals surface area contributed by atoms with Gasteiger partial charge in [-0.15, -0.1) is 0 Å². The standard InChI is InChI=1S/C13H15ClF3N/c1-12(2)10(6-18)11(12)7-3-8(13(15,16)17)5-9(14)4-7/h3-5,10-11H,6,18H2,1-2H3. The Kier molecular flexibility index (Phi) is 3.14. The van der Waals surface area contributed by atoms with Crippen molar-refractivity contribution >= 4 is 11.6 Å². The minimum Gasteiger partial charge on any atom is -0.330 e. The number of halogens is 4. The van der Waals surface area contributed by atoms with Crippen LogP contribution in [0.2, 0.25) is 5.02 Å². The lowest BCUT2D eigenvalue weighted by atomic mass is 10.0. The summed E-state index contributed by atoms with van der Waals surface area (Å²) in [5.41, 5.74) is 5.53. The number of hydrogen-bond donors (Lipinski definition) is 1. The molecule has 1 saturated carbocycles. The fourth-order valence-corrected chi connectivity index (χ4v) is 3.04. The molecular weight excluding hydrogens is 263 g/mol. The minimum atomic E-state index is -4.36. The van der Waals surface area contributed by atoms with Crippen molar-refractivity contribution in [2.75, 3.05) is 6.54 Å². The van der Waals surface area contributed by atoms with Crippen molar-refractivity contribution in [2.24, 2.45) is 17.1 Å². The Balaban J connectivity index is 2.39. The molecule has 0 bridgehead atoms. The normalized spacial score (nSPS) is 26.2. The van der Waals surface area contributed by atoms with Gasteiger partial charge in [0, 0.05) is 5.02 Å². The number of rotatable bonds is 2. The minimum absolute atomic E-state index is 0.0533. The van der Waals surface area contributed by atoms with Gasteiger partial charge >= 0.3 is 6.18 Å². The molecule has 0 spiro atoms. The van der Waals surface area contributed by atoms with Crippen LogP contribution in [0.5, 0.6) is 0 Å². The van der Waals surface area contributed by atoms with Crippen LogP contribution in [0.25, 0.3) is 0 Å². The lowest BCUT2D eigenvalue weighted by Gasteiger charge is -2.10. The quantitative estimate of drug-likeness (QED) is 0.867. The van der Waals surface area contributed by atoms with Crippen LogP contribution in [-0.4, -0.2) is 6.54 Å². The molecule has 18 heavy (non-hydrogen) atoms. The van der Waals surface area contributed by atoms with Crippen molar-refractivity contribution in [2.45, 2.75) is 25.9 Å². The maximum atomic E-state index is 12.7. The van der Waals surface area contributed by atoms with Crippen LogP contribution in [0.4, 0.5) is 13.2 Å². The summed E-state index contributed by atoms with van der Waals surface area (Å²) in [4.78, 5) is 0.